The Balaban J connectivity index is 1.74. The number of hydrogen-bond acceptors (Lipinski definition) is 4. The predicted octanol–water partition coefficient (Wildman–Crippen LogP) is 3.47. The maximum atomic E-state index is 13.3. The van der Waals surface area contributed by atoms with Crippen molar-refractivity contribution in [2.45, 2.75) is 31.3 Å². The van der Waals surface area contributed by atoms with E-state index in [9.17, 15) is 4.79 Å². The Morgan fingerprint density at radius 3 is 3.00 bits per heavy atom. The van der Waals surface area contributed by atoms with Crippen molar-refractivity contribution >= 4 is 16.7 Å². The topological polar surface area (TPSA) is 42.4 Å². The molecule has 3 saturated heterocycles. The van der Waals surface area contributed by atoms with Gasteiger partial charge in [-0.05, 0) is 56.0 Å². The summed E-state index contributed by atoms with van der Waals surface area (Å²) in [4.78, 5) is 20.0. The minimum atomic E-state index is -0.0442. The van der Waals surface area contributed by atoms with Crippen LogP contribution in [0, 0.1) is 5.92 Å². The number of ketones is 1. The van der Waals surface area contributed by atoms with Gasteiger partial charge in [-0.2, -0.15) is 0 Å². The lowest BCUT2D eigenvalue weighted by atomic mass is 9.76. The van der Waals surface area contributed by atoms with Gasteiger partial charge in [0.1, 0.15) is 5.75 Å². The molecule has 1 aromatic carbocycles. The van der Waals surface area contributed by atoms with E-state index in [0.717, 1.165) is 41.6 Å². The van der Waals surface area contributed by atoms with Crippen LogP contribution in [0.3, 0.4) is 0 Å². The summed E-state index contributed by atoms with van der Waals surface area (Å²) in [5, 5.41) is 0.875. The summed E-state index contributed by atoms with van der Waals surface area (Å²) in [6, 6.07) is 7.83. The van der Waals surface area contributed by atoms with Gasteiger partial charge in [0.05, 0.1) is 18.7 Å². The standard InChI is InChI=1S/C20H22N2O2/c1-3-14-10-13-7-9-22(14)19(11-13)20(23)16-6-8-21-18-5-4-15(24-2)12-17(16)18/h3-6,8,12-14,19H,1,7,9-11H2,2H3/t13-,14+,19+/m0/s1. The quantitative estimate of drug-likeness (QED) is 0.638. The smallest absolute Gasteiger partial charge is 0.180 e. The highest BCUT2D eigenvalue weighted by Gasteiger charge is 2.42. The highest BCUT2D eigenvalue weighted by molar-refractivity contribution is 6.10. The minimum Gasteiger partial charge on any atom is -0.497 e. The lowest BCUT2D eigenvalue weighted by molar-refractivity contribution is 0.0189. The SMILES string of the molecule is C=C[C@@H]1C[C@@H]2CCN1[C@@H](C(=O)c1ccnc3ccc(OC)cc13)C2. The molecular formula is C20H22N2O2. The largest absolute Gasteiger partial charge is 0.497 e. The van der Waals surface area contributed by atoms with Gasteiger partial charge in [-0.3, -0.25) is 14.7 Å². The van der Waals surface area contributed by atoms with Gasteiger partial charge in [0, 0.05) is 23.2 Å². The van der Waals surface area contributed by atoms with E-state index in [4.69, 9.17) is 4.74 Å². The Kier molecular flexibility index (Phi) is 3.85. The van der Waals surface area contributed by atoms with Crippen molar-refractivity contribution in [1.29, 1.82) is 0 Å². The van der Waals surface area contributed by atoms with E-state index in [1.165, 1.54) is 6.42 Å². The molecule has 0 saturated carbocycles. The molecular weight excluding hydrogens is 300 g/mol. The molecule has 4 atom stereocenters. The van der Waals surface area contributed by atoms with Crippen molar-refractivity contribution in [2.75, 3.05) is 13.7 Å². The van der Waals surface area contributed by atoms with Crippen LogP contribution in [0.5, 0.6) is 5.75 Å². The number of carbonyl (C=O) groups excluding carboxylic acids is 1. The Morgan fingerprint density at radius 2 is 2.25 bits per heavy atom. The summed E-state index contributed by atoms with van der Waals surface area (Å²) in [5.74, 6) is 1.58. The Morgan fingerprint density at radius 1 is 1.38 bits per heavy atom. The first-order valence-corrected chi connectivity index (χ1v) is 8.56. The van der Waals surface area contributed by atoms with Crippen molar-refractivity contribution in [1.82, 2.24) is 9.88 Å². The second-order valence-electron chi connectivity index (χ2n) is 6.79. The average Bonchev–Trinajstić information content (AvgIpc) is 2.66. The van der Waals surface area contributed by atoms with Crippen LogP contribution in [-0.4, -0.2) is 41.4 Å². The van der Waals surface area contributed by atoms with Crippen molar-refractivity contribution in [3.8, 4) is 5.75 Å². The number of Topliss-reactive ketones (excluding diaryl/α,β-unsaturated/α-hetero) is 1. The van der Waals surface area contributed by atoms with Gasteiger partial charge < -0.3 is 4.74 Å². The number of carbonyl (C=O) groups is 1. The number of hydrogen-bond donors (Lipinski definition) is 0. The summed E-state index contributed by atoms with van der Waals surface area (Å²) in [6.07, 6.45) is 7.01. The first kappa shape index (κ1) is 15.3. The van der Waals surface area contributed by atoms with E-state index in [1.54, 1.807) is 13.3 Å². The summed E-state index contributed by atoms with van der Waals surface area (Å²) < 4.78 is 5.32. The number of ether oxygens (including phenoxy) is 1. The predicted molar refractivity (Wildman–Crippen MR) is 94.4 cm³/mol. The third-order valence-electron chi connectivity index (χ3n) is 5.54. The van der Waals surface area contributed by atoms with E-state index in [-0.39, 0.29) is 11.8 Å². The molecule has 3 aliphatic heterocycles. The number of fused-ring (bicyclic) bond motifs is 4. The molecule has 5 rings (SSSR count). The minimum absolute atomic E-state index is 0.0442. The van der Waals surface area contributed by atoms with Gasteiger partial charge in [-0.15, -0.1) is 6.58 Å². The zero-order chi connectivity index (χ0) is 16.7. The van der Waals surface area contributed by atoms with Crippen molar-refractivity contribution in [3.05, 3.63) is 48.7 Å². The number of rotatable bonds is 4. The molecule has 124 valence electrons. The highest BCUT2D eigenvalue weighted by atomic mass is 16.5. The summed E-state index contributed by atoms with van der Waals surface area (Å²) >= 11 is 0. The van der Waals surface area contributed by atoms with Crippen molar-refractivity contribution in [3.63, 3.8) is 0 Å². The third kappa shape index (κ3) is 2.42. The molecule has 24 heavy (non-hydrogen) atoms. The fourth-order valence-corrected chi connectivity index (χ4v) is 4.28. The molecule has 2 bridgehead atoms. The van der Waals surface area contributed by atoms with Crippen LogP contribution in [0.4, 0.5) is 0 Å². The highest BCUT2D eigenvalue weighted by Crippen LogP contribution is 2.38. The van der Waals surface area contributed by atoms with Crippen LogP contribution in [0.15, 0.2) is 43.1 Å². The maximum Gasteiger partial charge on any atom is 0.180 e. The van der Waals surface area contributed by atoms with E-state index >= 15 is 0 Å². The number of nitrogens with zero attached hydrogens (tertiary/aromatic N) is 2. The van der Waals surface area contributed by atoms with E-state index in [2.05, 4.69) is 16.5 Å². The molecule has 3 aliphatic rings. The lowest BCUT2D eigenvalue weighted by Gasteiger charge is -2.49. The van der Waals surface area contributed by atoms with Gasteiger partial charge in [0.2, 0.25) is 0 Å². The normalized spacial score (nSPS) is 28.7. The number of piperidine rings is 3. The first-order valence-electron chi connectivity index (χ1n) is 8.56. The molecule has 3 fully saturated rings. The van der Waals surface area contributed by atoms with Gasteiger partial charge in [0.25, 0.3) is 0 Å². The molecule has 0 N–H and O–H groups in total. The van der Waals surface area contributed by atoms with E-state index < -0.39 is 0 Å². The molecule has 0 aliphatic carbocycles. The summed E-state index contributed by atoms with van der Waals surface area (Å²) in [6.45, 7) is 4.95. The summed E-state index contributed by atoms with van der Waals surface area (Å²) in [7, 11) is 1.64. The second kappa shape index (κ2) is 6.02. The zero-order valence-corrected chi connectivity index (χ0v) is 13.9. The molecule has 0 spiro atoms. The number of aromatic nitrogens is 1. The average molecular weight is 322 g/mol. The monoisotopic (exact) mass is 322 g/mol. The van der Waals surface area contributed by atoms with Crippen LogP contribution >= 0.6 is 0 Å². The number of methoxy groups -OCH3 is 1. The van der Waals surface area contributed by atoms with E-state index in [1.807, 2.05) is 30.3 Å². The van der Waals surface area contributed by atoms with Gasteiger partial charge >= 0.3 is 0 Å². The molecule has 1 aromatic heterocycles. The molecule has 4 heteroatoms. The van der Waals surface area contributed by atoms with E-state index in [0.29, 0.717) is 12.0 Å². The molecule has 4 heterocycles. The number of benzene rings is 1. The molecule has 1 unspecified atom stereocenters. The van der Waals surface area contributed by atoms with Crippen LogP contribution in [0.25, 0.3) is 10.9 Å². The van der Waals surface area contributed by atoms with Gasteiger partial charge in [-0.25, -0.2) is 0 Å². The van der Waals surface area contributed by atoms with Crippen molar-refractivity contribution < 1.29 is 9.53 Å². The summed E-state index contributed by atoms with van der Waals surface area (Å²) in [5.41, 5.74) is 1.58. The lowest BCUT2D eigenvalue weighted by Crippen LogP contribution is -2.56. The number of pyridine rings is 1. The Labute approximate surface area is 142 Å². The fraction of sp³-hybridized carbons (Fsp3) is 0.400. The van der Waals surface area contributed by atoms with Crippen LogP contribution in [-0.2, 0) is 0 Å². The Hall–Kier alpha value is -2.20. The molecule has 0 amide bonds. The van der Waals surface area contributed by atoms with Crippen LogP contribution < -0.4 is 4.74 Å². The first-order chi connectivity index (χ1) is 11.7. The molecule has 0 radical (unpaired) electrons. The van der Waals surface area contributed by atoms with Gasteiger partial charge in [0.15, 0.2) is 5.78 Å². The Bertz CT molecular complexity index is 801. The second-order valence-corrected chi connectivity index (χ2v) is 6.79. The maximum absolute atomic E-state index is 13.3. The molecule has 4 nitrogen and oxygen atoms in total. The zero-order valence-electron chi connectivity index (χ0n) is 13.9. The third-order valence-corrected chi connectivity index (χ3v) is 5.54. The van der Waals surface area contributed by atoms with Gasteiger partial charge in [-0.1, -0.05) is 6.08 Å². The van der Waals surface area contributed by atoms with Crippen LogP contribution in [0.1, 0.15) is 29.6 Å². The van der Waals surface area contributed by atoms with Crippen LogP contribution in [0.2, 0.25) is 0 Å². The fourth-order valence-electron chi connectivity index (χ4n) is 4.28. The molecule has 2 aromatic rings. The van der Waals surface area contributed by atoms with Crippen molar-refractivity contribution in [2.24, 2.45) is 5.92 Å².